The maximum Gasteiger partial charge on any atom is 0.319 e. The SMILES string of the molecule is CCC(C)(CNC(=O)Nc1cccc(OCc2cccc(F)c2)c1)N1CCOCC1. The molecule has 0 aromatic heterocycles. The molecule has 0 aliphatic carbocycles. The zero-order valence-electron chi connectivity index (χ0n) is 17.6. The molecular weight excluding hydrogens is 385 g/mol. The second-order valence-electron chi connectivity index (χ2n) is 7.70. The molecule has 2 aromatic rings. The van der Waals surface area contributed by atoms with Crippen molar-refractivity contribution in [3.05, 3.63) is 59.9 Å². The van der Waals surface area contributed by atoms with Gasteiger partial charge in [0.2, 0.25) is 0 Å². The normalized spacial score (nSPS) is 16.5. The first-order valence-corrected chi connectivity index (χ1v) is 10.3. The monoisotopic (exact) mass is 415 g/mol. The van der Waals surface area contributed by atoms with E-state index >= 15 is 0 Å². The third-order valence-corrected chi connectivity index (χ3v) is 5.55. The molecule has 1 unspecified atom stereocenters. The number of halogens is 1. The van der Waals surface area contributed by atoms with Gasteiger partial charge in [0, 0.05) is 36.9 Å². The Morgan fingerprint density at radius 3 is 2.70 bits per heavy atom. The van der Waals surface area contributed by atoms with Gasteiger partial charge in [0.05, 0.1) is 13.2 Å². The number of carbonyl (C=O) groups is 1. The van der Waals surface area contributed by atoms with E-state index in [4.69, 9.17) is 9.47 Å². The highest BCUT2D eigenvalue weighted by molar-refractivity contribution is 5.89. The lowest BCUT2D eigenvalue weighted by Gasteiger charge is -2.43. The fourth-order valence-electron chi connectivity index (χ4n) is 3.47. The van der Waals surface area contributed by atoms with E-state index in [0.29, 0.717) is 18.0 Å². The first kappa shape index (κ1) is 22.1. The summed E-state index contributed by atoms with van der Waals surface area (Å²) in [5, 5.41) is 5.84. The molecule has 1 saturated heterocycles. The predicted molar refractivity (Wildman–Crippen MR) is 115 cm³/mol. The molecular formula is C23H30FN3O3. The zero-order valence-corrected chi connectivity index (χ0v) is 17.6. The molecule has 0 bridgehead atoms. The van der Waals surface area contributed by atoms with E-state index < -0.39 is 0 Å². The highest BCUT2D eigenvalue weighted by atomic mass is 19.1. The second kappa shape index (κ2) is 10.4. The topological polar surface area (TPSA) is 62.8 Å². The Labute approximate surface area is 177 Å². The zero-order chi connectivity index (χ0) is 21.4. The number of anilines is 1. The molecule has 162 valence electrons. The number of rotatable bonds is 8. The number of morpholine rings is 1. The number of hydrogen-bond acceptors (Lipinski definition) is 4. The summed E-state index contributed by atoms with van der Waals surface area (Å²) in [4.78, 5) is 14.8. The van der Waals surface area contributed by atoms with Crippen LogP contribution in [0.3, 0.4) is 0 Å². The Morgan fingerprint density at radius 1 is 1.20 bits per heavy atom. The van der Waals surface area contributed by atoms with Crippen LogP contribution < -0.4 is 15.4 Å². The van der Waals surface area contributed by atoms with Crippen molar-refractivity contribution in [2.45, 2.75) is 32.4 Å². The summed E-state index contributed by atoms with van der Waals surface area (Å²) in [6.45, 7) is 8.30. The van der Waals surface area contributed by atoms with Crippen LogP contribution >= 0.6 is 0 Å². The molecule has 0 spiro atoms. The van der Waals surface area contributed by atoms with Gasteiger partial charge in [-0.2, -0.15) is 0 Å². The van der Waals surface area contributed by atoms with Crippen molar-refractivity contribution in [1.82, 2.24) is 10.2 Å². The van der Waals surface area contributed by atoms with Gasteiger partial charge in [-0.25, -0.2) is 9.18 Å². The summed E-state index contributed by atoms with van der Waals surface area (Å²) < 4.78 is 24.4. The molecule has 0 saturated carbocycles. The average Bonchev–Trinajstić information content (AvgIpc) is 2.77. The fourth-order valence-corrected chi connectivity index (χ4v) is 3.47. The van der Waals surface area contributed by atoms with Gasteiger partial charge in [-0.1, -0.05) is 25.1 Å². The first-order valence-electron chi connectivity index (χ1n) is 10.3. The summed E-state index contributed by atoms with van der Waals surface area (Å²) >= 11 is 0. The van der Waals surface area contributed by atoms with Gasteiger partial charge in [-0.3, -0.25) is 4.90 Å². The second-order valence-corrected chi connectivity index (χ2v) is 7.70. The van der Waals surface area contributed by atoms with Crippen LogP contribution in [0.1, 0.15) is 25.8 Å². The third kappa shape index (κ3) is 6.18. The number of benzene rings is 2. The summed E-state index contributed by atoms with van der Waals surface area (Å²) in [6.07, 6.45) is 0.927. The van der Waals surface area contributed by atoms with Gasteiger partial charge < -0.3 is 20.1 Å². The van der Waals surface area contributed by atoms with Crippen LogP contribution in [0.5, 0.6) is 5.75 Å². The van der Waals surface area contributed by atoms with Gasteiger partial charge >= 0.3 is 6.03 Å². The van der Waals surface area contributed by atoms with Crippen molar-refractivity contribution in [3.8, 4) is 5.75 Å². The molecule has 1 atom stereocenters. The van der Waals surface area contributed by atoms with E-state index in [1.54, 1.807) is 36.4 Å². The van der Waals surface area contributed by atoms with Crippen LogP contribution in [0.25, 0.3) is 0 Å². The third-order valence-electron chi connectivity index (χ3n) is 5.55. The number of hydrogen-bond donors (Lipinski definition) is 2. The maximum absolute atomic E-state index is 13.3. The minimum absolute atomic E-state index is 0.114. The van der Waals surface area contributed by atoms with Crippen molar-refractivity contribution >= 4 is 11.7 Å². The Bertz CT molecular complexity index is 842. The maximum atomic E-state index is 13.3. The average molecular weight is 416 g/mol. The smallest absolute Gasteiger partial charge is 0.319 e. The number of amides is 2. The van der Waals surface area contributed by atoms with E-state index in [2.05, 4.69) is 29.4 Å². The van der Waals surface area contributed by atoms with Crippen molar-refractivity contribution in [1.29, 1.82) is 0 Å². The summed E-state index contributed by atoms with van der Waals surface area (Å²) in [5.74, 6) is 0.308. The number of nitrogens with one attached hydrogen (secondary N) is 2. The van der Waals surface area contributed by atoms with Crippen molar-refractivity contribution in [3.63, 3.8) is 0 Å². The van der Waals surface area contributed by atoms with Gasteiger partial charge in [-0.05, 0) is 43.2 Å². The van der Waals surface area contributed by atoms with E-state index in [1.807, 2.05) is 0 Å². The van der Waals surface area contributed by atoms with Crippen molar-refractivity contribution < 1.29 is 18.7 Å². The standard InChI is InChI=1S/C23H30FN3O3/c1-3-23(2,27-10-12-29-13-11-27)17-25-22(28)26-20-8-5-9-21(15-20)30-16-18-6-4-7-19(24)14-18/h4-9,14-15H,3,10-13,16-17H2,1-2H3,(H2,25,26,28). The molecule has 2 aromatic carbocycles. The van der Waals surface area contributed by atoms with Crippen LogP contribution in [-0.4, -0.2) is 49.3 Å². The highest BCUT2D eigenvalue weighted by Gasteiger charge is 2.31. The Balaban J connectivity index is 1.51. The molecule has 1 fully saturated rings. The highest BCUT2D eigenvalue weighted by Crippen LogP contribution is 2.21. The van der Waals surface area contributed by atoms with Gasteiger partial charge in [-0.15, -0.1) is 0 Å². The van der Waals surface area contributed by atoms with Crippen LogP contribution in [-0.2, 0) is 11.3 Å². The van der Waals surface area contributed by atoms with E-state index in [0.717, 1.165) is 38.3 Å². The lowest BCUT2D eigenvalue weighted by molar-refractivity contribution is -0.0163. The molecule has 0 radical (unpaired) electrons. The Kier molecular flexibility index (Phi) is 7.65. The van der Waals surface area contributed by atoms with E-state index in [-0.39, 0.29) is 24.0 Å². The predicted octanol–water partition coefficient (Wildman–Crippen LogP) is 4.03. The Morgan fingerprint density at radius 2 is 1.97 bits per heavy atom. The lowest BCUT2D eigenvalue weighted by atomic mass is 9.95. The quantitative estimate of drug-likeness (QED) is 0.683. The Hall–Kier alpha value is -2.64. The molecule has 30 heavy (non-hydrogen) atoms. The molecule has 2 N–H and O–H groups in total. The number of urea groups is 1. The fraction of sp³-hybridized carbons (Fsp3) is 0.435. The number of ether oxygens (including phenoxy) is 2. The van der Waals surface area contributed by atoms with E-state index in [9.17, 15) is 9.18 Å². The van der Waals surface area contributed by atoms with Crippen molar-refractivity contribution in [2.24, 2.45) is 0 Å². The largest absolute Gasteiger partial charge is 0.489 e. The minimum atomic E-state index is -0.292. The molecule has 1 heterocycles. The lowest BCUT2D eigenvalue weighted by Crippen LogP contribution is -2.57. The van der Waals surface area contributed by atoms with Crippen LogP contribution in [0.15, 0.2) is 48.5 Å². The molecule has 2 amide bonds. The van der Waals surface area contributed by atoms with Crippen LogP contribution in [0.2, 0.25) is 0 Å². The molecule has 6 nitrogen and oxygen atoms in total. The number of carbonyl (C=O) groups excluding carboxylic acids is 1. The van der Waals surface area contributed by atoms with Crippen LogP contribution in [0.4, 0.5) is 14.9 Å². The summed E-state index contributed by atoms with van der Waals surface area (Å²) in [5.41, 5.74) is 1.26. The summed E-state index contributed by atoms with van der Waals surface area (Å²) in [6, 6.07) is 13.2. The molecule has 1 aliphatic heterocycles. The van der Waals surface area contributed by atoms with E-state index in [1.165, 1.54) is 12.1 Å². The minimum Gasteiger partial charge on any atom is -0.489 e. The first-order chi connectivity index (χ1) is 14.5. The number of nitrogens with zero attached hydrogens (tertiary/aromatic N) is 1. The van der Waals surface area contributed by atoms with Crippen molar-refractivity contribution in [2.75, 3.05) is 38.2 Å². The molecule has 1 aliphatic rings. The molecule has 3 rings (SSSR count). The van der Waals surface area contributed by atoms with Gasteiger partial charge in [0.15, 0.2) is 0 Å². The van der Waals surface area contributed by atoms with Gasteiger partial charge in [0.1, 0.15) is 18.2 Å². The van der Waals surface area contributed by atoms with Crippen LogP contribution in [0, 0.1) is 5.82 Å². The van der Waals surface area contributed by atoms with Gasteiger partial charge in [0.25, 0.3) is 0 Å². The molecule has 7 heteroatoms. The summed E-state index contributed by atoms with van der Waals surface area (Å²) in [7, 11) is 0.